The van der Waals surface area contributed by atoms with Gasteiger partial charge in [-0.15, -0.1) is 0 Å². The average molecular weight is 486 g/mol. The molecule has 35 heavy (non-hydrogen) atoms. The zero-order valence-electron chi connectivity index (χ0n) is 19.4. The molecular weight excluding hydrogens is 462 g/mol. The van der Waals surface area contributed by atoms with E-state index in [1.807, 2.05) is 48.5 Å². The number of hydrogen-bond acceptors (Lipinski definition) is 5. The van der Waals surface area contributed by atoms with Crippen LogP contribution in [-0.4, -0.2) is 29.7 Å². The van der Waals surface area contributed by atoms with Crippen LogP contribution in [0.2, 0.25) is 5.02 Å². The molecule has 176 valence electrons. The standard InChI is InChI=1S/C28H24ClN3O3/c1-34-27-12-19(28(33)35-2)4-3-18(27)11-20-15-32(26-10-8-22(30)14-24(20)26)16-23-9-6-17-5-7-21(29)13-25(17)31-23/h3-10,12-15H,11,16,30H2,1-2H3. The first kappa shape index (κ1) is 22.7. The van der Waals surface area contributed by atoms with Gasteiger partial charge in [0.15, 0.2) is 0 Å². The van der Waals surface area contributed by atoms with Crippen molar-refractivity contribution >= 4 is 45.1 Å². The quantitative estimate of drug-likeness (QED) is 0.241. The highest BCUT2D eigenvalue weighted by molar-refractivity contribution is 6.31. The van der Waals surface area contributed by atoms with Crippen LogP contribution in [0, 0.1) is 0 Å². The van der Waals surface area contributed by atoms with E-state index in [2.05, 4.69) is 16.8 Å². The third-order valence-electron chi connectivity index (χ3n) is 6.12. The molecule has 5 rings (SSSR count). The molecule has 0 unspecified atom stereocenters. The zero-order valence-corrected chi connectivity index (χ0v) is 20.2. The number of halogens is 1. The second-order valence-corrected chi connectivity index (χ2v) is 8.83. The number of rotatable bonds is 6. The molecule has 0 fully saturated rings. The number of nitrogens with two attached hydrogens (primary N) is 1. The minimum Gasteiger partial charge on any atom is -0.496 e. The molecule has 2 aromatic heterocycles. The van der Waals surface area contributed by atoms with Crippen LogP contribution in [0.3, 0.4) is 0 Å². The third-order valence-corrected chi connectivity index (χ3v) is 6.36. The van der Waals surface area contributed by atoms with Gasteiger partial charge in [0.2, 0.25) is 0 Å². The lowest BCUT2D eigenvalue weighted by Crippen LogP contribution is -2.03. The first-order valence-corrected chi connectivity index (χ1v) is 11.5. The second-order valence-electron chi connectivity index (χ2n) is 8.39. The molecule has 0 bridgehead atoms. The van der Waals surface area contributed by atoms with Gasteiger partial charge in [-0.1, -0.05) is 29.8 Å². The second kappa shape index (κ2) is 9.31. The Kier molecular flexibility index (Phi) is 6.05. The Morgan fingerprint density at radius 1 is 1.00 bits per heavy atom. The maximum atomic E-state index is 11.9. The van der Waals surface area contributed by atoms with Crippen molar-refractivity contribution in [3.63, 3.8) is 0 Å². The van der Waals surface area contributed by atoms with Gasteiger partial charge in [0, 0.05) is 39.6 Å². The topological polar surface area (TPSA) is 79.4 Å². The Bertz CT molecular complexity index is 1580. The smallest absolute Gasteiger partial charge is 0.337 e. The number of esters is 1. The largest absolute Gasteiger partial charge is 0.496 e. The van der Waals surface area contributed by atoms with Crippen LogP contribution in [0.25, 0.3) is 21.8 Å². The number of nitrogens with zero attached hydrogens (tertiary/aromatic N) is 2. The highest BCUT2D eigenvalue weighted by Crippen LogP contribution is 2.30. The first-order chi connectivity index (χ1) is 16.9. The molecule has 7 heteroatoms. The normalized spacial score (nSPS) is 11.2. The number of fused-ring (bicyclic) bond motifs is 2. The number of pyridine rings is 1. The van der Waals surface area contributed by atoms with Gasteiger partial charge in [0.1, 0.15) is 5.75 Å². The minimum absolute atomic E-state index is 0.400. The fraction of sp³-hybridized carbons (Fsp3) is 0.143. The summed E-state index contributed by atoms with van der Waals surface area (Å²) in [5.74, 6) is 0.231. The van der Waals surface area contributed by atoms with Gasteiger partial charge in [-0.2, -0.15) is 0 Å². The van der Waals surface area contributed by atoms with Crippen molar-refractivity contribution in [2.24, 2.45) is 0 Å². The Balaban J connectivity index is 1.53. The highest BCUT2D eigenvalue weighted by Gasteiger charge is 2.15. The number of aromatic nitrogens is 2. The van der Waals surface area contributed by atoms with Gasteiger partial charge in [-0.05, 0) is 59.7 Å². The number of nitrogen functional groups attached to an aromatic ring is 1. The molecule has 2 N–H and O–H groups in total. The molecule has 0 aliphatic heterocycles. The number of carbonyl (C=O) groups is 1. The molecule has 0 radical (unpaired) electrons. The summed E-state index contributed by atoms with van der Waals surface area (Å²) in [6, 6.07) is 21.1. The highest BCUT2D eigenvalue weighted by atomic mass is 35.5. The van der Waals surface area contributed by atoms with Crippen molar-refractivity contribution in [2.45, 2.75) is 13.0 Å². The number of carbonyl (C=O) groups excluding carboxylic acids is 1. The van der Waals surface area contributed by atoms with E-state index in [0.29, 0.717) is 35.0 Å². The maximum Gasteiger partial charge on any atom is 0.337 e. The lowest BCUT2D eigenvalue weighted by atomic mass is 10.0. The number of ether oxygens (including phenoxy) is 2. The fourth-order valence-corrected chi connectivity index (χ4v) is 4.56. The zero-order chi connectivity index (χ0) is 24.5. The SMILES string of the molecule is COC(=O)c1ccc(Cc2cn(Cc3ccc4ccc(Cl)cc4n3)c3ccc(N)cc23)c(OC)c1. The van der Waals surface area contributed by atoms with Gasteiger partial charge in [0.05, 0.1) is 37.5 Å². The molecule has 0 saturated heterocycles. The fourth-order valence-electron chi connectivity index (χ4n) is 4.40. The van der Waals surface area contributed by atoms with Gasteiger partial charge < -0.3 is 19.8 Å². The van der Waals surface area contributed by atoms with Crippen LogP contribution in [-0.2, 0) is 17.7 Å². The van der Waals surface area contributed by atoms with Gasteiger partial charge in [-0.25, -0.2) is 4.79 Å². The Hall–Kier alpha value is -4.03. The average Bonchev–Trinajstić information content (AvgIpc) is 3.19. The van der Waals surface area contributed by atoms with E-state index in [1.165, 1.54) is 7.11 Å². The van der Waals surface area contributed by atoms with Crippen molar-refractivity contribution < 1.29 is 14.3 Å². The molecule has 0 atom stereocenters. The van der Waals surface area contributed by atoms with Crippen LogP contribution in [0.1, 0.15) is 27.2 Å². The molecule has 5 aromatic rings. The van der Waals surface area contributed by atoms with Gasteiger partial charge in [-0.3, -0.25) is 4.98 Å². The summed E-state index contributed by atoms with van der Waals surface area (Å²) in [7, 11) is 2.96. The van der Waals surface area contributed by atoms with Crippen LogP contribution in [0.5, 0.6) is 5.75 Å². The number of anilines is 1. The Morgan fingerprint density at radius 2 is 1.83 bits per heavy atom. The summed E-state index contributed by atoms with van der Waals surface area (Å²) < 4.78 is 12.6. The number of benzene rings is 3. The summed E-state index contributed by atoms with van der Waals surface area (Å²) in [6.45, 7) is 0.598. The van der Waals surface area contributed by atoms with Crippen LogP contribution >= 0.6 is 11.6 Å². The van der Waals surface area contributed by atoms with E-state index in [1.54, 1.807) is 19.2 Å². The summed E-state index contributed by atoms with van der Waals surface area (Å²) in [5.41, 5.74) is 12.2. The van der Waals surface area contributed by atoms with E-state index in [0.717, 1.165) is 38.6 Å². The first-order valence-electron chi connectivity index (χ1n) is 11.1. The van der Waals surface area contributed by atoms with Crippen molar-refractivity contribution in [1.82, 2.24) is 9.55 Å². The van der Waals surface area contributed by atoms with Gasteiger partial charge >= 0.3 is 5.97 Å². The predicted octanol–water partition coefficient (Wildman–Crippen LogP) is 5.86. The monoisotopic (exact) mass is 485 g/mol. The van der Waals surface area contributed by atoms with Crippen LogP contribution in [0.4, 0.5) is 5.69 Å². The number of hydrogen-bond donors (Lipinski definition) is 1. The molecular formula is C28H24ClN3O3. The molecule has 6 nitrogen and oxygen atoms in total. The van der Waals surface area contributed by atoms with Crippen molar-refractivity contribution in [1.29, 1.82) is 0 Å². The van der Waals surface area contributed by atoms with E-state index >= 15 is 0 Å². The predicted molar refractivity (Wildman–Crippen MR) is 139 cm³/mol. The Morgan fingerprint density at radius 3 is 2.63 bits per heavy atom. The minimum atomic E-state index is -0.400. The van der Waals surface area contributed by atoms with Crippen LogP contribution in [0.15, 0.2) is 72.9 Å². The van der Waals surface area contributed by atoms with E-state index in [4.69, 9.17) is 31.8 Å². The molecule has 2 heterocycles. The van der Waals surface area contributed by atoms with Gasteiger partial charge in [0.25, 0.3) is 0 Å². The molecule has 0 aliphatic carbocycles. The molecule has 0 amide bonds. The number of methoxy groups -OCH3 is 2. The molecule has 0 spiro atoms. The van der Waals surface area contributed by atoms with Crippen LogP contribution < -0.4 is 10.5 Å². The van der Waals surface area contributed by atoms with E-state index < -0.39 is 5.97 Å². The summed E-state index contributed by atoms with van der Waals surface area (Å²) in [4.78, 5) is 16.7. The maximum absolute atomic E-state index is 11.9. The lowest BCUT2D eigenvalue weighted by Gasteiger charge is -2.10. The summed E-state index contributed by atoms with van der Waals surface area (Å²) in [6.07, 6.45) is 2.74. The lowest BCUT2D eigenvalue weighted by molar-refractivity contribution is 0.0600. The molecule has 0 saturated carbocycles. The third kappa shape index (κ3) is 4.53. The van der Waals surface area contributed by atoms with E-state index in [-0.39, 0.29) is 0 Å². The summed E-state index contributed by atoms with van der Waals surface area (Å²) >= 11 is 6.17. The van der Waals surface area contributed by atoms with Crippen molar-refractivity contribution in [2.75, 3.05) is 20.0 Å². The summed E-state index contributed by atoms with van der Waals surface area (Å²) in [5, 5.41) is 2.78. The van der Waals surface area contributed by atoms with Crippen molar-refractivity contribution in [3.05, 3.63) is 100 Å². The molecule has 3 aromatic carbocycles. The Labute approximate surface area is 207 Å². The van der Waals surface area contributed by atoms with Crippen molar-refractivity contribution in [3.8, 4) is 5.75 Å². The van der Waals surface area contributed by atoms with E-state index in [9.17, 15) is 4.79 Å². The molecule has 0 aliphatic rings.